The number of anilines is 2. The first-order valence-electron chi connectivity index (χ1n) is 7.60. The van der Waals surface area contributed by atoms with Crippen molar-refractivity contribution in [3.8, 4) is 0 Å². The van der Waals surface area contributed by atoms with Gasteiger partial charge in [-0.05, 0) is 55.8 Å². The Morgan fingerprint density at radius 1 is 1.00 bits per heavy atom. The lowest BCUT2D eigenvalue weighted by Gasteiger charge is -2.14. The van der Waals surface area contributed by atoms with Crippen LogP contribution in [0.15, 0.2) is 48.5 Å². The number of amides is 3. The number of aryl methyl sites for hydroxylation is 1. The predicted molar refractivity (Wildman–Crippen MR) is 94.3 cm³/mol. The van der Waals surface area contributed by atoms with Crippen molar-refractivity contribution >= 4 is 29.3 Å². The van der Waals surface area contributed by atoms with Gasteiger partial charge < -0.3 is 21.1 Å². The van der Waals surface area contributed by atoms with Crippen LogP contribution in [0.2, 0.25) is 0 Å². The fourth-order valence-electron chi connectivity index (χ4n) is 2.08. The van der Waals surface area contributed by atoms with E-state index in [-0.39, 0.29) is 5.56 Å². The molecule has 0 aliphatic heterocycles. The summed E-state index contributed by atoms with van der Waals surface area (Å²) in [5.41, 5.74) is 7.36. The van der Waals surface area contributed by atoms with Crippen molar-refractivity contribution in [3.05, 3.63) is 59.7 Å². The van der Waals surface area contributed by atoms with Crippen molar-refractivity contribution in [2.75, 3.05) is 10.6 Å². The molecule has 0 aliphatic carbocycles. The molecule has 7 nitrogen and oxygen atoms in total. The second-order valence-corrected chi connectivity index (χ2v) is 5.47. The van der Waals surface area contributed by atoms with Gasteiger partial charge in [0.1, 0.15) is 0 Å². The van der Waals surface area contributed by atoms with Crippen LogP contribution in [0.3, 0.4) is 0 Å². The lowest BCUT2D eigenvalue weighted by Crippen LogP contribution is -2.30. The molecule has 2 aromatic carbocycles. The smallest absolute Gasteiger partial charge is 0.338 e. The molecule has 0 radical (unpaired) electrons. The third-order valence-corrected chi connectivity index (χ3v) is 3.33. The van der Waals surface area contributed by atoms with E-state index in [9.17, 15) is 14.4 Å². The number of ether oxygens (including phenoxy) is 1. The second-order valence-electron chi connectivity index (χ2n) is 5.47. The standard InChI is InChI=1S/C18H19N3O4/c1-11-4-3-5-15(10-11)20-16(22)12(2)25-17(23)13-6-8-14(9-7-13)21-18(19)24/h3-10,12H,1-2H3,(H,20,22)(H3,19,21,24). The van der Waals surface area contributed by atoms with Gasteiger partial charge in [0, 0.05) is 11.4 Å². The quantitative estimate of drug-likeness (QED) is 0.726. The minimum atomic E-state index is -0.962. The molecule has 0 aromatic heterocycles. The summed E-state index contributed by atoms with van der Waals surface area (Å²) in [7, 11) is 0. The number of benzene rings is 2. The Labute approximate surface area is 145 Å². The van der Waals surface area contributed by atoms with E-state index < -0.39 is 24.0 Å². The largest absolute Gasteiger partial charge is 0.449 e. The van der Waals surface area contributed by atoms with Gasteiger partial charge in [-0.15, -0.1) is 0 Å². The summed E-state index contributed by atoms with van der Waals surface area (Å²) < 4.78 is 5.16. The minimum Gasteiger partial charge on any atom is -0.449 e. The Kier molecular flexibility index (Phi) is 5.73. The van der Waals surface area contributed by atoms with Crippen molar-refractivity contribution in [2.45, 2.75) is 20.0 Å². The van der Waals surface area contributed by atoms with Crippen LogP contribution < -0.4 is 16.4 Å². The molecule has 130 valence electrons. The summed E-state index contributed by atoms with van der Waals surface area (Å²) in [6.07, 6.45) is -0.962. The number of nitrogens with one attached hydrogen (secondary N) is 2. The van der Waals surface area contributed by atoms with Crippen LogP contribution in [-0.4, -0.2) is 24.0 Å². The van der Waals surface area contributed by atoms with E-state index >= 15 is 0 Å². The van der Waals surface area contributed by atoms with Crippen molar-refractivity contribution in [2.24, 2.45) is 5.73 Å². The van der Waals surface area contributed by atoms with E-state index in [2.05, 4.69) is 10.6 Å². The highest BCUT2D eigenvalue weighted by Crippen LogP contribution is 2.13. The molecular formula is C18H19N3O4. The Morgan fingerprint density at radius 2 is 1.68 bits per heavy atom. The van der Waals surface area contributed by atoms with Gasteiger partial charge in [0.05, 0.1) is 5.56 Å². The van der Waals surface area contributed by atoms with Crippen molar-refractivity contribution in [3.63, 3.8) is 0 Å². The monoisotopic (exact) mass is 341 g/mol. The average Bonchev–Trinajstić information content (AvgIpc) is 2.54. The summed E-state index contributed by atoms with van der Waals surface area (Å²) in [4.78, 5) is 35.0. The molecule has 4 N–H and O–H groups in total. The molecule has 25 heavy (non-hydrogen) atoms. The highest BCUT2D eigenvalue weighted by Gasteiger charge is 2.19. The molecule has 0 aliphatic rings. The maximum atomic E-state index is 12.1. The molecule has 2 aromatic rings. The SMILES string of the molecule is Cc1cccc(NC(=O)C(C)OC(=O)c2ccc(NC(N)=O)cc2)c1. The maximum absolute atomic E-state index is 12.1. The summed E-state index contributed by atoms with van der Waals surface area (Å²) in [6.45, 7) is 3.40. The van der Waals surface area contributed by atoms with E-state index in [1.807, 2.05) is 25.1 Å². The molecule has 0 spiro atoms. The molecule has 2 rings (SSSR count). The van der Waals surface area contributed by atoms with Crippen LogP contribution in [0.1, 0.15) is 22.8 Å². The van der Waals surface area contributed by atoms with Crippen LogP contribution >= 0.6 is 0 Å². The van der Waals surface area contributed by atoms with Gasteiger partial charge in [0.2, 0.25) is 0 Å². The highest BCUT2D eigenvalue weighted by atomic mass is 16.5. The van der Waals surface area contributed by atoms with Gasteiger partial charge in [-0.1, -0.05) is 12.1 Å². The van der Waals surface area contributed by atoms with Gasteiger partial charge in [-0.25, -0.2) is 9.59 Å². The van der Waals surface area contributed by atoms with Crippen molar-refractivity contribution in [1.82, 2.24) is 0 Å². The first kappa shape index (κ1) is 18.0. The van der Waals surface area contributed by atoms with E-state index in [0.717, 1.165) is 5.56 Å². The van der Waals surface area contributed by atoms with E-state index in [4.69, 9.17) is 10.5 Å². The zero-order chi connectivity index (χ0) is 18.4. The van der Waals surface area contributed by atoms with Crippen molar-refractivity contribution < 1.29 is 19.1 Å². The number of hydrogen-bond acceptors (Lipinski definition) is 4. The lowest BCUT2D eigenvalue weighted by molar-refractivity contribution is -0.123. The molecule has 0 fully saturated rings. The van der Waals surface area contributed by atoms with Crippen LogP contribution in [0.5, 0.6) is 0 Å². The molecule has 3 amide bonds. The first-order chi connectivity index (χ1) is 11.8. The Morgan fingerprint density at radius 3 is 2.28 bits per heavy atom. The van der Waals surface area contributed by atoms with Crippen molar-refractivity contribution in [1.29, 1.82) is 0 Å². The maximum Gasteiger partial charge on any atom is 0.338 e. The number of urea groups is 1. The second kappa shape index (κ2) is 7.96. The fourth-order valence-corrected chi connectivity index (χ4v) is 2.08. The Hall–Kier alpha value is -3.35. The molecule has 1 unspecified atom stereocenters. The number of primary amides is 1. The summed E-state index contributed by atoms with van der Waals surface area (Å²) in [5.74, 6) is -1.07. The number of rotatable bonds is 5. The molecule has 1 atom stereocenters. The van der Waals surface area contributed by atoms with Gasteiger partial charge in [-0.3, -0.25) is 4.79 Å². The van der Waals surface area contributed by atoms with Gasteiger partial charge in [-0.2, -0.15) is 0 Å². The summed E-state index contributed by atoms with van der Waals surface area (Å²) in [6, 6.07) is 12.6. The number of nitrogens with two attached hydrogens (primary N) is 1. The molecule has 0 heterocycles. The third kappa shape index (κ3) is 5.35. The van der Waals surface area contributed by atoms with Crippen LogP contribution in [0.4, 0.5) is 16.2 Å². The van der Waals surface area contributed by atoms with Gasteiger partial charge in [0.15, 0.2) is 6.10 Å². The van der Waals surface area contributed by atoms with E-state index in [1.165, 1.54) is 31.2 Å². The highest BCUT2D eigenvalue weighted by molar-refractivity contribution is 5.97. The molecule has 0 bridgehead atoms. The Balaban J connectivity index is 1.94. The fraction of sp³-hybridized carbons (Fsp3) is 0.167. The molecule has 7 heteroatoms. The van der Waals surface area contributed by atoms with Gasteiger partial charge in [0.25, 0.3) is 5.91 Å². The van der Waals surface area contributed by atoms with Crippen LogP contribution in [0, 0.1) is 6.92 Å². The molecule has 0 saturated heterocycles. The Bertz CT molecular complexity index is 787. The minimum absolute atomic E-state index is 0.255. The van der Waals surface area contributed by atoms with E-state index in [0.29, 0.717) is 11.4 Å². The summed E-state index contributed by atoms with van der Waals surface area (Å²) >= 11 is 0. The first-order valence-corrected chi connectivity index (χ1v) is 7.60. The normalized spacial score (nSPS) is 11.3. The third-order valence-electron chi connectivity index (χ3n) is 3.33. The van der Waals surface area contributed by atoms with Gasteiger partial charge >= 0.3 is 12.0 Å². The average molecular weight is 341 g/mol. The number of carbonyl (C=O) groups excluding carboxylic acids is 3. The van der Waals surface area contributed by atoms with Crippen LogP contribution in [0.25, 0.3) is 0 Å². The van der Waals surface area contributed by atoms with E-state index in [1.54, 1.807) is 6.07 Å². The predicted octanol–water partition coefficient (Wildman–Crippen LogP) is 2.67. The molecule has 0 saturated carbocycles. The number of hydrogen-bond donors (Lipinski definition) is 3. The summed E-state index contributed by atoms with van der Waals surface area (Å²) in [5, 5.41) is 5.08. The number of esters is 1. The lowest BCUT2D eigenvalue weighted by atomic mass is 10.2. The topological polar surface area (TPSA) is 111 Å². The molecular weight excluding hydrogens is 322 g/mol. The van der Waals surface area contributed by atoms with Crippen LogP contribution in [-0.2, 0) is 9.53 Å². The zero-order valence-corrected chi connectivity index (χ0v) is 13.9. The zero-order valence-electron chi connectivity index (χ0n) is 13.9. The number of carbonyl (C=O) groups is 3.